The van der Waals surface area contributed by atoms with Crippen LogP contribution in [0.1, 0.15) is 4.88 Å². The lowest BCUT2D eigenvalue weighted by Crippen LogP contribution is -1.97. The molecule has 0 fully saturated rings. The van der Waals surface area contributed by atoms with Crippen LogP contribution >= 0.6 is 11.3 Å². The van der Waals surface area contributed by atoms with E-state index in [-0.39, 0.29) is 4.91 Å². The van der Waals surface area contributed by atoms with Gasteiger partial charge in [-0.15, -0.1) is 11.3 Å². The molecule has 1 aromatic rings. The summed E-state index contributed by atoms with van der Waals surface area (Å²) in [6.07, 6.45) is 2.40. The first-order chi connectivity index (χ1) is 6.04. The number of sulfone groups is 1. The first kappa shape index (κ1) is 9.96. The fraction of sp³-hybridized carbons (Fsp3) is 0.125. The van der Waals surface area contributed by atoms with Crippen LogP contribution in [-0.4, -0.2) is 14.7 Å². The zero-order valence-electron chi connectivity index (χ0n) is 6.89. The molecule has 0 amide bonds. The summed E-state index contributed by atoms with van der Waals surface area (Å²) in [6.45, 7) is 0. The predicted octanol–water partition coefficient (Wildman–Crippen LogP) is 1.66. The summed E-state index contributed by atoms with van der Waals surface area (Å²) in [4.78, 5) is 0.567. The van der Waals surface area contributed by atoms with E-state index in [4.69, 9.17) is 5.26 Å². The molecule has 0 aliphatic rings. The van der Waals surface area contributed by atoms with Gasteiger partial charge in [0, 0.05) is 11.1 Å². The lowest BCUT2D eigenvalue weighted by Gasteiger charge is -1.91. The van der Waals surface area contributed by atoms with Crippen LogP contribution in [0.15, 0.2) is 22.4 Å². The van der Waals surface area contributed by atoms with Gasteiger partial charge in [-0.3, -0.25) is 0 Å². The molecule has 13 heavy (non-hydrogen) atoms. The van der Waals surface area contributed by atoms with E-state index in [2.05, 4.69) is 0 Å². The summed E-state index contributed by atoms with van der Waals surface area (Å²) < 4.78 is 22.0. The van der Waals surface area contributed by atoms with Crippen molar-refractivity contribution >= 4 is 27.3 Å². The minimum atomic E-state index is -3.38. The molecular weight excluding hydrogens is 206 g/mol. The Morgan fingerprint density at radius 3 is 2.77 bits per heavy atom. The van der Waals surface area contributed by atoms with Crippen molar-refractivity contribution in [2.24, 2.45) is 0 Å². The molecule has 1 aromatic heterocycles. The molecule has 3 nitrogen and oxygen atoms in total. The van der Waals surface area contributed by atoms with E-state index >= 15 is 0 Å². The third kappa shape index (κ3) is 2.68. The second kappa shape index (κ2) is 3.73. The Kier molecular flexibility index (Phi) is 2.86. The van der Waals surface area contributed by atoms with E-state index < -0.39 is 9.84 Å². The van der Waals surface area contributed by atoms with Crippen molar-refractivity contribution in [2.75, 3.05) is 6.26 Å². The Balaban J connectivity index is 3.14. The van der Waals surface area contributed by atoms with Crippen molar-refractivity contribution in [1.82, 2.24) is 0 Å². The zero-order valence-corrected chi connectivity index (χ0v) is 8.52. The smallest absolute Gasteiger partial charge is 0.185 e. The molecule has 0 aliphatic carbocycles. The normalized spacial score (nSPS) is 12.5. The van der Waals surface area contributed by atoms with Gasteiger partial charge in [0.25, 0.3) is 0 Å². The van der Waals surface area contributed by atoms with Gasteiger partial charge in [-0.2, -0.15) is 5.26 Å². The van der Waals surface area contributed by atoms with Gasteiger partial charge in [-0.1, -0.05) is 6.07 Å². The third-order valence-corrected chi connectivity index (χ3v) is 3.15. The van der Waals surface area contributed by atoms with E-state index in [0.29, 0.717) is 0 Å². The first-order valence-corrected chi connectivity index (χ1v) is 6.16. The Morgan fingerprint density at radius 1 is 1.69 bits per heavy atom. The summed E-state index contributed by atoms with van der Waals surface area (Å²) in [5.41, 5.74) is 0. The molecule has 0 aliphatic heterocycles. The second-order valence-electron chi connectivity index (χ2n) is 2.41. The molecule has 0 bridgehead atoms. The van der Waals surface area contributed by atoms with Gasteiger partial charge in [0.15, 0.2) is 9.84 Å². The number of allylic oxidation sites excluding steroid dienone is 1. The minimum Gasteiger partial charge on any atom is -0.223 e. The molecule has 0 aromatic carbocycles. The third-order valence-electron chi connectivity index (χ3n) is 1.33. The van der Waals surface area contributed by atoms with Gasteiger partial charge in [0.2, 0.25) is 0 Å². The van der Waals surface area contributed by atoms with E-state index in [1.54, 1.807) is 18.2 Å². The van der Waals surface area contributed by atoms with Crippen LogP contribution in [-0.2, 0) is 9.84 Å². The van der Waals surface area contributed by atoms with Crippen LogP contribution in [0.25, 0.3) is 6.08 Å². The van der Waals surface area contributed by atoms with Crippen LogP contribution in [0.5, 0.6) is 0 Å². The molecule has 0 unspecified atom stereocenters. The molecule has 0 saturated carbocycles. The van der Waals surface area contributed by atoms with E-state index in [1.165, 1.54) is 17.4 Å². The zero-order chi connectivity index (χ0) is 9.90. The lowest BCUT2D eigenvalue weighted by atomic mass is 10.4. The van der Waals surface area contributed by atoms with Crippen molar-refractivity contribution in [3.8, 4) is 6.07 Å². The molecule has 68 valence electrons. The molecule has 0 radical (unpaired) electrons. The van der Waals surface area contributed by atoms with Crippen LogP contribution in [0.4, 0.5) is 0 Å². The average Bonchev–Trinajstić information content (AvgIpc) is 2.49. The van der Waals surface area contributed by atoms with Gasteiger partial charge in [-0.25, -0.2) is 8.42 Å². The highest BCUT2D eigenvalue weighted by atomic mass is 32.2. The molecule has 0 spiro atoms. The number of rotatable bonds is 2. The van der Waals surface area contributed by atoms with E-state index in [0.717, 1.165) is 11.1 Å². The molecular formula is C8H7NO2S2. The quantitative estimate of drug-likeness (QED) is 0.702. The SMILES string of the molecule is CS(=O)(=O)C(C#N)=Cc1cccs1. The Labute approximate surface area is 80.9 Å². The number of hydrogen-bond acceptors (Lipinski definition) is 4. The molecule has 1 heterocycles. The van der Waals surface area contributed by atoms with Crippen LogP contribution in [0, 0.1) is 11.3 Å². The molecule has 1 rings (SSSR count). The standard InChI is InChI=1S/C8H7NO2S2/c1-13(10,11)8(6-9)5-7-3-2-4-12-7/h2-5H,1H3. The topological polar surface area (TPSA) is 57.9 Å². The van der Waals surface area contributed by atoms with Crippen LogP contribution in [0.2, 0.25) is 0 Å². The van der Waals surface area contributed by atoms with Gasteiger partial charge in [-0.05, 0) is 17.5 Å². The average molecular weight is 213 g/mol. The maximum absolute atomic E-state index is 11.0. The number of thiophene rings is 1. The van der Waals surface area contributed by atoms with Crippen LogP contribution in [0.3, 0.4) is 0 Å². The second-order valence-corrected chi connectivity index (χ2v) is 5.37. The summed E-state index contributed by atoms with van der Waals surface area (Å²) in [6, 6.07) is 5.22. The highest BCUT2D eigenvalue weighted by Gasteiger charge is 2.09. The van der Waals surface area contributed by atoms with E-state index in [9.17, 15) is 8.42 Å². The predicted molar refractivity (Wildman–Crippen MR) is 52.8 cm³/mol. The monoisotopic (exact) mass is 213 g/mol. The maximum atomic E-state index is 11.0. The summed E-state index contributed by atoms with van der Waals surface area (Å²) in [5.74, 6) is 0. The molecule has 0 N–H and O–H groups in total. The first-order valence-electron chi connectivity index (χ1n) is 3.39. The minimum absolute atomic E-state index is 0.199. The fourth-order valence-corrected chi connectivity index (χ4v) is 1.96. The number of hydrogen-bond donors (Lipinski definition) is 0. The summed E-state index contributed by atoms with van der Waals surface area (Å²) >= 11 is 1.39. The van der Waals surface area contributed by atoms with Crippen molar-refractivity contribution < 1.29 is 8.42 Å². The van der Waals surface area contributed by atoms with Gasteiger partial charge in [0.1, 0.15) is 11.0 Å². The van der Waals surface area contributed by atoms with E-state index in [1.807, 2.05) is 5.38 Å². The molecule has 0 atom stereocenters. The number of nitriles is 1. The summed E-state index contributed by atoms with van der Waals surface area (Å²) in [7, 11) is -3.38. The molecule has 5 heteroatoms. The number of nitrogens with zero attached hydrogens (tertiary/aromatic N) is 1. The fourth-order valence-electron chi connectivity index (χ4n) is 0.725. The van der Waals surface area contributed by atoms with Gasteiger partial charge >= 0.3 is 0 Å². The Bertz CT molecular complexity index is 449. The van der Waals surface area contributed by atoms with Crippen molar-refractivity contribution in [3.63, 3.8) is 0 Å². The highest BCUT2D eigenvalue weighted by molar-refractivity contribution is 7.95. The van der Waals surface area contributed by atoms with Crippen molar-refractivity contribution in [3.05, 3.63) is 27.3 Å². The van der Waals surface area contributed by atoms with Gasteiger partial charge in [0.05, 0.1) is 0 Å². The van der Waals surface area contributed by atoms with Crippen LogP contribution < -0.4 is 0 Å². The highest BCUT2D eigenvalue weighted by Crippen LogP contribution is 2.15. The lowest BCUT2D eigenvalue weighted by molar-refractivity contribution is 0.609. The van der Waals surface area contributed by atoms with Gasteiger partial charge < -0.3 is 0 Å². The molecule has 0 saturated heterocycles. The largest absolute Gasteiger partial charge is 0.223 e. The van der Waals surface area contributed by atoms with Crippen molar-refractivity contribution in [2.45, 2.75) is 0 Å². The Morgan fingerprint density at radius 2 is 2.38 bits per heavy atom. The van der Waals surface area contributed by atoms with Crippen molar-refractivity contribution in [1.29, 1.82) is 5.26 Å². The summed E-state index contributed by atoms with van der Waals surface area (Å²) in [5, 5.41) is 10.4. The maximum Gasteiger partial charge on any atom is 0.185 e. The Hall–Kier alpha value is -1.12.